The smallest absolute Gasteiger partial charge is 0.238 e. The second kappa shape index (κ2) is 11.1. The molecule has 0 spiro atoms. The fraction of sp³-hybridized carbons (Fsp3) is 0.304. The summed E-state index contributed by atoms with van der Waals surface area (Å²) in [6.45, 7) is 5.06. The van der Waals surface area contributed by atoms with Gasteiger partial charge in [0.1, 0.15) is 35.3 Å². The number of hydrogen-bond donors (Lipinski definition) is 1. The molecule has 11 heteroatoms. The first-order valence-electron chi connectivity index (χ1n) is 10.8. The van der Waals surface area contributed by atoms with Crippen molar-refractivity contribution in [1.29, 1.82) is 0 Å². The number of nitrogens with one attached hydrogen (secondary N) is 1. The summed E-state index contributed by atoms with van der Waals surface area (Å²) in [5, 5.41) is 8.60. The molecule has 0 aliphatic carbocycles. The van der Waals surface area contributed by atoms with E-state index in [2.05, 4.69) is 25.4 Å². The van der Waals surface area contributed by atoms with Gasteiger partial charge in [-0.3, -0.25) is 4.68 Å². The largest absolute Gasteiger partial charge is 0.487 e. The number of nitrogens with zero attached hydrogens (tertiary/aromatic N) is 5. The van der Waals surface area contributed by atoms with Crippen LogP contribution in [-0.4, -0.2) is 50.8 Å². The second-order valence-electron chi connectivity index (χ2n) is 7.11. The molecule has 0 atom stereocenters. The van der Waals surface area contributed by atoms with Gasteiger partial charge in [-0.1, -0.05) is 11.6 Å². The van der Waals surface area contributed by atoms with E-state index in [0.29, 0.717) is 41.4 Å². The summed E-state index contributed by atoms with van der Waals surface area (Å²) in [6.07, 6.45) is 4.41. The minimum Gasteiger partial charge on any atom is -0.487 e. The molecule has 0 amide bonds. The fourth-order valence-corrected chi connectivity index (χ4v) is 3.35. The quantitative estimate of drug-likeness (QED) is 0.302. The topological polar surface area (TPSA) is 105 Å². The van der Waals surface area contributed by atoms with Gasteiger partial charge in [-0.2, -0.15) is 5.10 Å². The van der Waals surface area contributed by atoms with E-state index in [-0.39, 0.29) is 12.5 Å². The molecule has 3 aromatic heterocycles. The predicted octanol–water partition coefficient (Wildman–Crippen LogP) is 4.73. The van der Waals surface area contributed by atoms with Crippen LogP contribution >= 0.6 is 11.6 Å². The van der Waals surface area contributed by atoms with Crippen LogP contribution in [0.1, 0.15) is 13.8 Å². The van der Waals surface area contributed by atoms with Gasteiger partial charge >= 0.3 is 0 Å². The second-order valence-corrected chi connectivity index (χ2v) is 7.52. The van der Waals surface area contributed by atoms with Gasteiger partial charge in [0, 0.05) is 44.0 Å². The van der Waals surface area contributed by atoms with E-state index < -0.39 is 6.29 Å². The maximum atomic E-state index is 6.40. The number of ether oxygens (including phenoxy) is 4. The average molecular weight is 485 g/mol. The number of aryl methyl sites for hydroxylation is 1. The van der Waals surface area contributed by atoms with Crippen LogP contribution in [0, 0.1) is 0 Å². The molecular formula is C23H25ClN6O4. The van der Waals surface area contributed by atoms with Crippen LogP contribution in [0.15, 0.2) is 49.1 Å². The molecule has 178 valence electrons. The molecule has 3 heterocycles. The van der Waals surface area contributed by atoms with E-state index in [0.717, 1.165) is 10.9 Å². The number of rotatable bonds is 11. The zero-order valence-corrected chi connectivity index (χ0v) is 19.8. The van der Waals surface area contributed by atoms with Gasteiger partial charge in [0.15, 0.2) is 12.1 Å². The highest BCUT2D eigenvalue weighted by Crippen LogP contribution is 2.32. The van der Waals surface area contributed by atoms with Crippen molar-refractivity contribution in [2.75, 3.05) is 25.1 Å². The number of aromatic nitrogens is 5. The Kier molecular flexibility index (Phi) is 7.73. The summed E-state index contributed by atoms with van der Waals surface area (Å²) < 4.78 is 24.3. The standard InChI is InChI=1S/C23H25ClN6O4/c1-4-31-21(32-5-2)13-33-16-11-18(24)23(25-12-16)34-15-6-7-19-17(10-15)22(27-14-26-19)28-20-8-9-30(3)29-20/h6-12,14,21H,4-5,13H2,1-3H3,(H,26,27,28,29). The summed E-state index contributed by atoms with van der Waals surface area (Å²) in [4.78, 5) is 13.0. The highest BCUT2D eigenvalue weighted by Gasteiger charge is 2.13. The van der Waals surface area contributed by atoms with E-state index in [9.17, 15) is 0 Å². The third kappa shape index (κ3) is 5.90. The highest BCUT2D eigenvalue weighted by molar-refractivity contribution is 6.32. The highest BCUT2D eigenvalue weighted by atomic mass is 35.5. The summed E-state index contributed by atoms with van der Waals surface area (Å²) >= 11 is 6.40. The van der Waals surface area contributed by atoms with Gasteiger partial charge in [0.25, 0.3) is 0 Å². The molecule has 1 aromatic carbocycles. The Balaban J connectivity index is 1.49. The first-order valence-corrected chi connectivity index (χ1v) is 11.1. The van der Waals surface area contributed by atoms with E-state index in [1.165, 1.54) is 12.5 Å². The Labute approximate surface area is 201 Å². The van der Waals surface area contributed by atoms with Crippen LogP contribution in [0.3, 0.4) is 0 Å². The summed E-state index contributed by atoms with van der Waals surface area (Å²) in [5.74, 6) is 2.54. The van der Waals surface area contributed by atoms with Crippen molar-refractivity contribution in [2.45, 2.75) is 20.1 Å². The number of fused-ring (bicyclic) bond motifs is 1. The summed E-state index contributed by atoms with van der Waals surface area (Å²) in [7, 11) is 1.85. The lowest BCUT2D eigenvalue weighted by atomic mass is 10.2. The van der Waals surface area contributed by atoms with Crippen LogP contribution in [0.2, 0.25) is 5.02 Å². The molecule has 34 heavy (non-hydrogen) atoms. The Morgan fingerprint density at radius 2 is 1.85 bits per heavy atom. The number of halogens is 1. The molecular weight excluding hydrogens is 460 g/mol. The van der Waals surface area contributed by atoms with E-state index in [1.807, 2.05) is 45.3 Å². The van der Waals surface area contributed by atoms with Crippen molar-refractivity contribution in [3.8, 4) is 17.4 Å². The molecule has 1 N–H and O–H groups in total. The number of hydrogen-bond acceptors (Lipinski definition) is 9. The zero-order valence-electron chi connectivity index (χ0n) is 19.1. The van der Waals surface area contributed by atoms with Crippen LogP contribution in [-0.2, 0) is 16.5 Å². The van der Waals surface area contributed by atoms with Crippen molar-refractivity contribution >= 4 is 34.1 Å². The molecule has 10 nitrogen and oxygen atoms in total. The Bertz CT molecular complexity index is 1250. The monoisotopic (exact) mass is 484 g/mol. The molecule has 0 aliphatic rings. The Hall–Kier alpha value is -3.47. The van der Waals surface area contributed by atoms with Crippen LogP contribution in [0.5, 0.6) is 17.4 Å². The minimum atomic E-state index is -0.460. The van der Waals surface area contributed by atoms with Gasteiger partial charge in [-0.25, -0.2) is 15.0 Å². The van der Waals surface area contributed by atoms with E-state index >= 15 is 0 Å². The van der Waals surface area contributed by atoms with E-state index in [1.54, 1.807) is 16.8 Å². The number of anilines is 2. The zero-order chi connectivity index (χ0) is 23.9. The van der Waals surface area contributed by atoms with Gasteiger partial charge < -0.3 is 24.3 Å². The predicted molar refractivity (Wildman–Crippen MR) is 128 cm³/mol. The lowest BCUT2D eigenvalue weighted by molar-refractivity contribution is -0.152. The third-order valence-electron chi connectivity index (χ3n) is 4.65. The molecule has 0 radical (unpaired) electrons. The van der Waals surface area contributed by atoms with Gasteiger partial charge in [-0.15, -0.1) is 0 Å². The molecule has 0 saturated carbocycles. The molecule has 4 aromatic rings. The maximum Gasteiger partial charge on any atom is 0.238 e. The minimum absolute atomic E-state index is 0.219. The normalized spacial score (nSPS) is 11.2. The summed E-state index contributed by atoms with van der Waals surface area (Å²) in [5.41, 5.74) is 0.752. The Morgan fingerprint density at radius 3 is 2.56 bits per heavy atom. The first-order chi connectivity index (χ1) is 16.6. The Morgan fingerprint density at radius 1 is 1.03 bits per heavy atom. The first kappa shape index (κ1) is 23.7. The van der Waals surface area contributed by atoms with Crippen LogP contribution < -0.4 is 14.8 Å². The molecule has 0 aliphatic heterocycles. The molecule has 0 fully saturated rings. The van der Waals surface area contributed by atoms with E-state index in [4.69, 9.17) is 30.5 Å². The number of benzene rings is 1. The van der Waals surface area contributed by atoms with Crippen LogP contribution in [0.4, 0.5) is 11.6 Å². The van der Waals surface area contributed by atoms with Crippen molar-refractivity contribution in [3.05, 3.63) is 54.1 Å². The fourth-order valence-electron chi connectivity index (χ4n) is 3.16. The molecule has 4 rings (SSSR count). The summed E-state index contributed by atoms with van der Waals surface area (Å²) in [6, 6.07) is 8.93. The van der Waals surface area contributed by atoms with Gasteiger partial charge in [-0.05, 0) is 32.0 Å². The van der Waals surface area contributed by atoms with Crippen molar-refractivity contribution < 1.29 is 18.9 Å². The number of pyridine rings is 1. The van der Waals surface area contributed by atoms with Crippen molar-refractivity contribution in [3.63, 3.8) is 0 Å². The van der Waals surface area contributed by atoms with Crippen LogP contribution in [0.25, 0.3) is 10.9 Å². The SMILES string of the molecule is CCOC(COc1cnc(Oc2ccc3ncnc(Nc4ccn(C)n4)c3c2)c(Cl)c1)OCC. The lowest BCUT2D eigenvalue weighted by Gasteiger charge is -2.17. The third-order valence-corrected chi connectivity index (χ3v) is 4.93. The van der Waals surface area contributed by atoms with Gasteiger partial charge in [0.05, 0.1) is 11.7 Å². The lowest BCUT2D eigenvalue weighted by Crippen LogP contribution is -2.25. The average Bonchev–Trinajstić information content (AvgIpc) is 3.24. The van der Waals surface area contributed by atoms with Gasteiger partial charge in [0.2, 0.25) is 5.88 Å². The van der Waals surface area contributed by atoms with Crippen molar-refractivity contribution in [2.24, 2.45) is 7.05 Å². The molecule has 0 bridgehead atoms. The molecule has 0 saturated heterocycles. The van der Waals surface area contributed by atoms with Crippen molar-refractivity contribution in [1.82, 2.24) is 24.7 Å². The molecule has 0 unspecified atom stereocenters. The maximum absolute atomic E-state index is 6.40.